The second-order valence-electron chi connectivity index (χ2n) is 4.56. The molecule has 2 aromatic carbocycles. The van der Waals surface area contributed by atoms with Crippen LogP contribution >= 0.6 is 22.9 Å². The molecule has 6 heteroatoms. The molecule has 0 aliphatic rings. The maximum atomic E-state index is 12.1. The van der Waals surface area contributed by atoms with Crippen molar-refractivity contribution < 1.29 is 9.53 Å². The standard InChI is InChI=1S/C17H10ClNO3S/c18-13-9-5-4-8-12(13)17(21)22-14-10-15(20)23-16(19-14)11-6-2-1-3-7-11/h1-10H. The van der Waals surface area contributed by atoms with Gasteiger partial charge in [0.15, 0.2) is 0 Å². The molecule has 0 radical (unpaired) electrons. The quantitative estimate of drug-likeness (QED) is 0.673. The Morgan fingerprint density at radius 2 is 1.74 bits per heavy atom. The second kappa shape index (κ2) is 6.73. The van der Waals surface area contributed by atoms with Crippen LogP contribution in [-0.2, 0) is 0 Å². The molecular weight excluding hydrogens is 334 g/mol. The Balaban J connectivity index is 1.92. The smallest absolute Gasteiger partial charge is 0.346 e. The number of halogens is 1. The zero-order valence-electron chi connectivity index (χ0n) is 11.7. The zero-order chi connectivity index (χ0) is 16.2. The lowest BCUT2D eigenvalue weighted by Crippen LogP contribution is -2.11. The summed E-state index contributed by atoms with van der Waals surface area (Å²) in [5, 5.41) is 0.766. The Bertz CT molecular complexity index is 909. The van der Waals surface area contributed by atoms with Crippen LogP contribution in [0, 0.1) is 0 Å². The van der Waals surface area contributed by atoms with Crippen molar-refractivity contribution in [1.29, 1.82) is 0 Å². The number of rotatable bonds is 3. The molecule has 0 spiro atoms. The average Bonchev–Trinajstić information content (AvgIpc) is 2.55. The van der Waals surface area contributed by atoms with Crippen LogP contribution in [-0.4, -0.2) is 11.0 Å². The Morgan fingerprint density at radius 3 is 2.48 bits per heavy atom. The van der Waals surface area contributed by atoms with Gasteiger partial charge in [-0.2, -0.15) is 0 Å². The van der Waals surface area contributed by atoms with Gasteiger partial charge in [0.05, 0.1) is 16.7 Å². The Labute approximate surface area is 141 Å². The highest BCUT2D eigenvalue weighted by molar-refractivity contribution is 7.12. The highest BCUT2D eigenvalue weighted by Gasteiger charge is 2.14. The van der Waals surface area contributed by atoms with Crippen molar-refractivity contribution in [2.24, 2.45) is 0 Å². The number of ether oxygens (including phenoxy) is 1. The molecule has 0 saturated heterocycles. The molecule has 0 amide bonds. The van der Waals surface area contributed by atoms with E-state index in [9.17, 15) is 9.59 Å². The van der Waals surface area contributed by atoms with Gasteiger partial charge in [-0.15, -0.1) is 0 Å². The second-order valence-corrected chi connectivity index (χ2v) is 5.96. The number of benzene rings is 2. The molecule has 0 atom stereocenters. The van der Waals surface area contributed by atoms with Gasteiger partial charge in [-0.05, 0) is 12.1 Å². The Kier molecular flexibility index (Phi) is 4.50. The molecule has 0 aliphatic heterocycles. The molecule has 0 bridgehead atoms. The SMILES string of the molecule is O=C(Oc1cc(=O)sc(-c2ccccc2)n1)c1ccccc1Cl. The fraction of sp³-hybridized carbons (Fsp3) is 0. The minimum Gasteiger partial charge on any atom is -0.404 e. The van der Waals surface area contributed by atoms with E-state index in [1.165, 1.54) is 6.07 Å². The van der Waals surface area contributed by atoms with Crippen molar-refractivity contribution in [1.82, 2.24) is 4.98 Å². The average molecular weight is 344 g/mol. The summed E-state index contributed by atoms with van der Waals surface area (Å²) in [6.45, 7) is 0. The topological polar surface area (TPSA) is 56.3 Å². The van der Waals surface area contributed by atoms with Gasteiger partial charge in [0.2, 0.25) is 10.6 Å². The number of carbonyl (C=O) groups is 1. The first-order valence-corrected chi connectivity index (χ1v) is 7.87. The van der Waals surface area contributed by atoms with Crippen LogP contribution in [0.3, 0.4) is 0 Å². The van der Waals surface area contributed by atoms with Crippen LogP contribution < -0.4 is 9.48 Å². The molecule has 1 aromatic heterocycles. The van der Waals surface area contributed by atoms with Crippen molar-refractivity contribution in [2.45, 2.75) is 0 Å². The first-order valence-electron chi connectivity index (χ1n) is 6.68. The molecule has 3 aromatic rings. The predicted octanol–water partition coefficient (Wildman–Crippen LogP) is 4.04. The summed E-state index contributed by atoms with van der Waals surface area (Å²) in [5.41, 5.74) is 1.00. The molecule has 0 saturated carbocycles. The number of esters is 1. The molecule has 0 fully saturated rings. The van der Waals surface area contributed by atoms with Crippen LogP contribution in [0.2, 0.25) is 5.02 Å². The number of nitrogens with zero attached hydrogens (tertiary/aromatic N) is 1. The Morgan fingerprint density at radius 1 is 1.04 bits per heavy atom. The summed E-state index contributed by atoms with van der Waals surface area (Å²) in [6, 6.07) is 16.9. The predicted molar refractivity (Wildman–Crippen MR) is 90.2 cm³/mol. The van der Waals surface area contributed by atoms with E-state index in [-0.39, 0.29) is 21.2 Å². The first-order chi connectivity index (χ1) is 11.1. The summed E-state index contributed by atoms with van der Waals surface area (Å²) in [7, 11) is 0. The molecule has 0 N–H and O–H groups in total. The normalized spacial score (nSPS) is 10.3. The van der Waals surface area contributed by atoms with Crippen LogP contribution in [0.5, 0.6) is 5.88 Å². The highest BCUT2D eigenvalue weighted by Crippen LogP contribution is 2.22. The van der Waals surface area contributed by atoms with Crippen LogP contribution in [0.25, 0.3) is 10.6 Å². The third-order valence-corrected chi connectivity index (χ3v) is 4.13. The summed E-state index contributed by atoms with van der Waals surface area (Å²) in [5.74, 6) is -0.699. The lowest BCUT2D eigenvalue weighted by Gasteiger charge is -2.06. The van der Waals surface area contributed by atoms with Crippen LogP contribution in [0.1, 0.15) is 10.4 Å². The van der Waals surface area contributed by atoms with E-state index in [2.05, 4.69) is 4.98 Å². The third-order valence-electron chi connectivity index (χ3n) is 2.96. The van der Waals surface area contributed by atoms with Crippen LogP contribution in [0.4, 0.5) is 0 Å². The van der Waals surface area contributed by atoms with Gasteiger partial charge in [-0.25, -0.2) is 9.78 Å². The van der Waals surface area contributed by atoms with E-state index < -0.39 is 5.97 Å². The first kappa shape index (κ1) is 15.4. The highest BCUT2D eigenvalue weighted by atomic mass is 35.5. The molecular formula is C17H10ClNO3S. The van der Waals surface area contributed by atoms with E-state index in [0.29, 0.717) is 5.01 Å². The number of aromatic nitrogens is 1. The molecule has 23 heavy (non-hydrogen) atoms. The van der Waals surface area contributed by atoms with Crippen molar-refractivity contribution in [3.8, 4) is 16.5 Å². The van der Waals surface area contributed by atoms with Gasteiger partial charge in [0, 0.05) is 5.56 Å². The summed E-state index contributed by atoms with van der Waals surface area (Å²) < 4.78 is 4.95. The van der Waals surface area contributed by atoms with E-state index in [4.69, 9.17) is 16.3 Å². The van der Waals surface area contributed by atoms with Crippen molar-refractivity contribution >= 4 is 28.9 Å². The zero-order valence-corrected chi connectivity index (χ0v) is 13.3. The molecule has 1 heterocycles. The maximum Gasteiger partial charge on any atom is 0.346 e. The van der Waals surface area contributed by atoms with Crippen molar-refractivity contribution in [2.75, 3.05) is 0 Å². The van der Waals surface area contributed by atoms with Crippen molar-refractivity contribution in [3.05, 3.63) is 80.8 Å². The fourth-order valence-electron chi connectivity index (χ4n) is 1.91. The monoisotopic (exact) mass is 343 g/mol. The molecule has 114 valence electrons. The minimum atomic E-state index is -0.655. The fourth-order valence-corrected chi connectivity index (χ4v) is 2.87. The number of hydrogen-bond donors (Lipinski definition) is 0. The number of carbonyl (C=O) groups excluding carboxylic acids is 1. The van der Waals surface area contributed by atoms with E-state index in [1.807, 2.05) is 30.3 Å². The summed E-state index contributed by atoms with van der Waals surface area (Å²) >= 11 is 6.95. The van der Waals surface area contributed by atoms with Gasteiger partial charge in [-0.3, -0.25) is 4.79 Å². The summed E-state index contributed by atoms with van der Waals surface area (Å²) in [6.07, 6.45) is 0. The molecule has 0 aliphatic carbocycles. The largest absolute Gasteiger partial charge is 0.404 e. The lowest BCUT2D eigenvalue weighted by molar-refractivity contribution is 0.0728. The summed E-state index contributed by atoms with van der Waals surface area (Å²) in [4.78, 5) is 28.2. The van der Waals surface area contributed by atoms with E-state index in [1.54, 1.807) is 24.3 Å². The van der Waals surface area contributed by atoms with Gasteiger partial charge in [-0.1, -0.05) is 65.4 Å². The van der Waals surface area contributed by atoms with Crippen LogP contribution in [0.15, 0.2) is 65.5 Å². The van der Waals surface area contributed by atoms with Gasteiger partial charge < -0.3 is 4.74 Å². The molecule has 3 rings (SSSR count). The third kappa shape index (κ3) is 3.64. The van der Waals surface area contributed by atoms with E-state index >= 15 is 0 Å². The van der Waals surface area contributed by atoms with Gasteiger partial charge in [0.1, 0.15) is 5.01 Å². The lowest BCUT2D eigenvalue weighted by atomic mass is 10.2. The van der Waals surface area contributed by atoms with Gasteiger partial charge >= 0.3 is 5.97 Å². The number of hydrogen-bond acceptors (Lipinski definition) is 5. The van der Waals surface area contributed by atoms with Gasteiger partial charge in [0.25, 0.3) is 0 Å². The van der Waals surface area contributed by atoms with E-state index in [0.717, 1.165) is 16.9 Å². The molecule has 4 nitrogen and oxygen atoms in total. The van der Waals surface area contributed by atoms with Crippen molar-refractivity contribution in [3.63, 3.8) is 0 Å². The molecule has 0 unspecified atom stereocenters. The Hall–Kier alpha value is -2.50. The minimum absolute atomic E-state index is 0.0440. The maximum absolute atomic E-state index is 12.1.